The lowest BCUT2D eigenvalue weighted by Crippen LogP contribution is -2.10. The molecule has 0 spiro atoms. The molecule has 0 amide bonds. The SMILES string of the molecule is CS(=O)(=O)c1ccc(NCCc2ccc(F)c(Br)c2)c(S(C)(=O)=O)c1. The molecule has 2 rings (SSSR count). The van der Waals surface area contributed by atoms with Crippen LogP contribution in [0.15, 0.2) is 50.7 Å². The summed E-state index contributed by atoms with van der Waals surface area (Å²) in [4.78, 5) is -0.128. The second-order valence-electron chi connectivity index (χ2n) is 5.63. The highest BCUT2D eigenvalue weighted by atomic mass is 79.9. The van der Waals surface area contributed by atoms with E-state index in [1.807, 2.05) is 0 Å². The normalized spacial score (nSPS) is 12.2. The Morgan fingerprint density at radius 3 is 2.24 bits per heavy atom. The van der Waals surface area contributed by atoms with Crippen LogP contribution in [0.1, 0.15) is 5.56 Å². The predicted molar refractivity (Wildman–Crippen MR) is 99.0 cm³/mol. The summed E-state index contributed by atoms with van der Waals surface area (Å²) in [5.74, 6) is -0.354. The van der Waals surface area contributed by atoms with Crippen LogP contribution in [0, 0.1) is 5.82 Å². The molecule has 0 atom stereocenters. The maximum Gasteiger partial charge on any atom is 0.177 e. The quantitative estimate of drug-likeness (QED) is 0.732. The Bertz CT molecular complexity index is 1000. The van der Waals surface area contributed by atoms with Gasteiger partial charge >= 0.3 is 0 Å². The number of hydrogen-bond acceptors (Lipinski definition) is 5. The van der Waals surface area contributed by atoms with Crippen LogP contribution in [-0.4, -0.2) is 35.9 Å². The van der Waals surface area contributed by atoms with Crippen molar-refractivity contribution in [2.75, 3.05) is 24.4 Å². The van der Waals surface area contributed by atoms with Gasteiger partial charge in [0.15, 0.2) is 19.7 Å². The maximum absolute atomic E-state index is 13.2. The van der Waals surface area contributed by atoms with Gasteiger partial charge in [0.25, 0.3) is 0 Å². The monoisotopic (exact) mass is 449 g/mol. The minimum atomic E-state index is -3.61. The van der Waals surface area contributed by atoms with E-state index in [0.717, 1.165) is 24.1 Å². The first-order valence-electron chi connectivity index (χ1n) is 7.20. The number of benzene rings is 2. The molecule has 0 aliphatic carbocycles. The molecule has 2 aromatic rings. The van der Waals surface area contributed by atoms with Crippen LogP contribution in [0.25, 0.3) is 0 Å². The summed E-state index contributed by atoms with van der Waals surface area (Å²) < 4.78 is 60.8. The fraction of sp³-hybridized carbons (Fsp3) is 0.250. The third-order valence-electron chi connectivity index (χ3n) is 3.49. The fourth-order valence-corrected chi connectivity index (χ4v) is 4.25. The molecule has 0 radical (unpaired) electrons. The van der Waals surface area contributed by atoms with Crippen molar-refractivity contribution in [2.45, 2.75) is 16.2 Å². The first-order valence-corrected chi connectivity index (χ1v) is 11.8. The molecule has 9 heteroatoms. The van der Waals surface area contributed by atoms with E-state index in [9.17, 15) is 21.2 Å². The van der Waals surface area contributed by atoms with E-state index in [0.29, 0.717) is 23.1 Å². The summed E-state index contributed by atoms with van der Waals surface area (Å²) in [5.41, 5.74) is 1.20. The highest BCUT2D eigenvalue weighted by Crippen LogP contribution is 2.25. The maximum atomic E-state index is 13.2. The Morgan fingerprint density at radius 2 is 1.68 bits per heavy atom. The van der Waals surface area contributed by atoms with Crippen LogP contribution in [0.5, 0.6) is 0 Å². The molecule has 0 aliphatic heterocycles. The molecule has 5 nitrogen and oxygen atoms in total. The van der Waals surface area contributed by atoms with Crippen LogP contribution in [0.2, 0.25) is 0 Å². The molecule has 0 saturated heterocycles. The third kappa shape index (κ3) is 5.26. The Kier molecular flexibility index (Phi) is 5.90. The zero-order valence-corrected chi connectivity index (χ0v) is 16.8. The van der Waals surface area contributed by atoms with Crippen molar-refractivity contribution in [2.24, 2.45) is 0 Å². The molecule has 0 heterocycles. The molecule has 136 valence electrons. The number of rotatable bonds is 6. The molecular weight excluding hydrogens is 433 g/mol. The topological polar surface area (TPSA) is 80.3 Å². The van der Waals surface area contributed by atoms with Gasteiger partial charge < -0.3 is 5.32 Å². The van der Waals surface area contributed by atoms with Gasteiger partial charge in [-0.05, 0) is 58.2 Å². The molecule has 0 fully saturated rings. The molecular formula is C16H17BrFNO4S2. The third-order valence-corrected chi connectivity index (χ3v) is 6.35. The van der Waals surface area contributed by atoms with E-state index in [2.05, 4.69) is 21.2 Å². The highest BCUT2D eigenvalue weighted by Gasteiger charge is 2.17. The van der Waals surface area contributed by atoms with Crippen LogP contribution in [0.4, 0.5) is 10.1 Å². The average Bonchev–Trinajstić information content (AvgIpc) is 2.49. The predicted octanol–water partition coefficient (Wildman–Crippen LogP) is 3.05. The van der Waals surface area contributed by atoms with Crippen molar-refractivity contribution in [3.8, 4) is 0 Å². The van der Waals surface area contributed by atoms with E-state index in [1.54, 1.807) is 12.1 Å². The number of nitrogens with one attached hydrogen (secondary N) is 1. The summed E-state index contributed by atoms with van der Waals surface area (Å²) in [6, 6.07) is 8.60. The first kappa shape index (κ1) is 19.9. The summed E-state index contributed by atoms with van der Waals surface area (Å²) in [6.07, 6.45) is 2.58. The van der Waals surface area contributed by atoms with Crippen molar-refractivity contribution < 1.29 is 21.2 Å². The largest absolute Gasteiger partial charge is 0.384 e. The molecule has 25 heavy (non-hydrogen) atoms. The number of anilines is 1. The molecule has 0 bridgehead atoms. The lowest BCUT2D eigenvalue weighted by Gasteiger charge is -2.12. The summed E-state index contributed by atoms with van der Waals surface area (Å²) in [7, 11) is -7.12. The van der Waals surface area contributed by atoms with Gasteiger partial charge in [0.05, 0.1) is 20.0 Å². The summed E-state index contributed by atoms with van der Waals surface area (Å²) in [6.45, 7) is 0.402. The molecule has 0 saturated carbocycles. The van der Waals surface area contributed by atoms with Crippen molar-refractivity contribution in [3.63, 3.8) is 0 Å². The summed E-state index contributed by atoms with van der Waals surface area (Å²) >= 11 is 3.12. The van der Waals surface area contributed by atoms with Gasteiger partial charge in [-0.25, -0.2) is 21.2 Å². The van der Waals surface area contributed by atoms with Crippen LogP contribution in [-0.2, 0) is 26.1 Å². The zero-order chi connectivity index (χ0) is 18.8. The van der Waals surface area contributed by atoms with Crippen LogP contribution in [0.3, 0.4) is 0 Å². The van der Waals surface area contributed by atoms with E-state index >= 15 is 0 Å². The van der Waals surface area contributed by atoms with Crippen molar-refractivity contribution in [1.82, 2.24) is 0 Å². The van der Waals surface area contributed by atoms with Gasteiger partial charge in [-0.3, -0.25) is 0 Å². The minimum Gasteiger partial charge on any atom is -0.384 e. The van der Waals surface area contributed by atoms with Crippen molar-refractivity contribution in [1.29, 1.82) is 0 Å². The number of hydrogen-bond donors (Lipinski definition) is 1. The molecule has 0 unspecified atom stereocenters. The summed E-state index contributed by atoms with van der Waals surface area (Å²) in [5, 5.41) is 3.00. The first-order chi connectivity index (χ1) is 11.5. The highest BCUT2D eigenvalue weighted by molar-refractivity contribution is 9.10. The minimum absolute atomic E-state index is 0.0547. The van der Waals surface area contributed by atoms with Crippen LogP contribution >= 0.6 is 15.9 Å². The van der Waals surface area contributed by atoms with E-state index in [4.69, 9.17) is 0 Å². The standard InChI is InChI=1S/C16H17BrFNO4S2/c1-24(20,21)12-4-6-15(16(10-12)25(2,22)23)19-8-7-11-3-5-14(18)13(17)9-11/h3-6,9-10,19H,7-8H2,1-2H3. The van der Waals surface area contributed by atoms with Crippen molar-refractivity contribution >= 4 is 41.3 Å². The van der Waals surface area contributed by atoms with Gasteiger partial charge in [-0.1, -0.05) is 6.07 Å². The lowest BCUT2D eigenvalue weighted by molar-refractivity contribution is 0.600. The Hall–Kier alpha value is -1.45. The van der Waals surface area contributed by atoms with Gasteiger partial charge in [-0.2, -0.15) is 0 Å². The van der Waals surface area contributed by atoms with E-state index in [1.165, 1.54) is 18.2 Å². The van der Waals surface area contributed by atoms with Gasteiger partial charge in [-0.15, -0.1) is 0 Å². The zero-order valence-electron chi connectivity index (χ0n) is 13.6. The second kappa shape index (κ2) is 7.43. The molecule has 2 aromatic carbocycles. The van der Waals surface area contributed by atoms with E-state index in [-0.39, 0.29) is 15.6 Å². The Labute approximate surface area is 155 Å². The molecule has 0 aromatic heterocycles. The molecule has 0 aliphatic rings. The number of sulfone groups is 2. The van der Waals surface area contributed by atoms with Crippen LogP contribution < -0.4 is 5.32 Å². The van der Waals surface area contributed by atoms with Crippen molar-refractivity contribution in [3.05, 3.63) is 52.3 Å². The van der Waals surface area contributed by atoms with Gasteiger partial charge in [0.1, 0.15) is 5.82 Å². The average molecular weight is 450 g/mol. The number of halogens is 2. The smallest absolute Gasteiger partial charge is 0.177 e. The lowest BCUT2D eigenvalue weighted by atomic mass is 10.1. The van der Waals surface area contributed by atoms with E-state index < -0.39 is 19.7 Å². The second-order valence-corrected chi connectivity index (χ2v) is 10.5. The Balaban J connectivity index is 2.22. The van der Waals surface area contributed by atoms with Gasteiger partial charge in [0, 0.05) is 19.1 Å². The Morgan fingerprint density at radius 1 is 1.00 bits per heavy atom. The molecule has 1 N–H and O–H groups in total. The fourth-order valence-electron chi connectivity index (χ4n) is 2.22. The van der Waals surface area contributed by atoms with Gasteiger partial charge in [0.2, 0.25) is 0 Å².